The summed E-state index contributed by atoms with van der Waals surface area (Å²) in [5.74, 6) is -0.124. The quantitative estimate of drug-likeness (QED) is 0.756. The largest absolute Gasteiger partial charge is 0.376 e. The molecular formula is C12H25ClN2O3. The first-order chi connectivity index (χ1) is 7.88. The van der Waals surface area contributed by atoms with Crippen LogP contribution in [-0.4, -0.2) is 43.4 Å². The van der Waals surface area contributed by atoms with E-state index in [4.69, 9.17) is 15.2 Å². The molecule has 108 valence electrons. The zero-order valence-electron chi connectivity index (χ0n) is 11.4. The molecule has 0 bridgehead atoms. The Balaban J connectivity index is 0.00000289. The summed E-state index contributed by atoms with van der Waals surface area (Å²) >= 11 is 0. The number of rotatable bonds is 6. The fourth-order valence-electron chi connectivity index (χ4n) is 1.56. The van der Waals surface area contributed by atoms with Gasteiger partial charge in [-0.05, 0) is 33.6 Å². The van der Waals surface area contributed by atoms with Crippen molar-refractivity contribution in [3.05, 3.63) is 0 Å². The Bertz CT molecular complexity index is 250. The van der Waals surface area contributed by atoms with E-state index < -0.39 is 11.6 Å². The Labute approximate surface area is 115 Å². The van der Waals surface area contributed by atoms with E-state index in [1.807, 2.05) is 13.8 Å². The van der Waals surface area contributed by atoms with Crippen LogP contribution in [0.15, 0.2) is 0 Å². The maximum Gasteiger partial charge on any atom is 0.248 e. The summed E-state index contributed by atoms with van der Waals surface area (Å²) < 4.78 is 10.9. The van der Waals surface area contributed by atoms with Gasteiger partial charge in [0.05, 0.1) is 12.7 Å². The van der Waals surface area contributed by atoms with Crippen molar-refractivity contribution in [2.75, 3.05) is 19.8 Å². The van der Waals surface area contributed by atoms with Gasteiger partial charge in [-0.2, -0.15) is 0 Å². The molecule has 1 fully saturated rings. The van der Waals surface area contributed by atoms with Crippen molar-refractivity contribution in [1.82, 2.24) is 5.32 Å². The van der Waals surface area contributed by atoms with Crippen molar-refractivity contribution in [2.24, 2.45) is 5.73 Å². The van der Waals surface area contributed by atoms with E-state index >= 15 is 0 Å². The van der Waals surface area contributed by atoms with Gasteiger partial charge in [0.25, 0.3) is 0 Å². The smallest absolute Gasteiger partial charge is 0.248 e. The summed E-state index contributed by atoms with van der Waals surface area (Å²) in [6.07, 6.45) is 1.79. The highest BCUT2D eigenvalue weighted by atomic mass is 35.5. The maximum absolute atomic E-state index is 11.7. The Morgan fingerprint density at radius 2 is 2.28 bits per heavy atom. The van der Waals surface area contributed by atoms with Gasteiger partial charge in [-0.1, -0.05) is 0 Å². The molecule has 1 saturated heterocycles. The highest BCUT2D eigenvalue weighted by molar-refractivity contribution is 5.85. The molecule has 0 aromatic heterocycles. The zero-order valence-corrected chi connectivity index (χ0v) is 12.2. The molecule has 0 aromatic rings. The number of halogens is 1. The first kappa shape index (κ1) is 17.6. The number of hydrogen-bond donors (Lipinski definition) is 2. The lowest BCUT2D eigenvalue weighted by Crippen LogP contribution is -2.47. The Hall–Kier alpha value is -0.360. The SMILES string of the molecule is CC(OCC1CCCO1)C(=O)NCC(C)(C)N.Cl. The second-order valence-electron chi connectivity index (χ2n) is 5.32. The van der Waals surface area contributed by atoms with E-state index in [9.17, 15) is 4.79 Å². The molecule has 3 N–H and O–H groups in total. The number of hydrogen-bond acceptors (Lipinski definition) is 4. The summed E-state index contributed by atoms with van der Waals surface area (Å²) in [7, 11) is 0. The minimum atomic E-state index is -0.457. The van der Waals surface area contributed by atoms with Gasteiger partial charge in [-0.3, -0.25) is 4.79 Å². The van der Waals surface area contributed by atoms with Crippen LogP contribution in [0.1, 0.15) is 33.6 Å². The Morgan fingerprint density at radius 3 is 2.78 bits per heavy atom. The topological polar surface area (TPSA) is 73.6 Å². The van der Waals surface area contributed by atoms with Gasteiger partial charge in [0.1, 0.15) is 6.10 Å². The molecule has 1 rings (SSSR count). The van der Waals surface area contributed by atoms with Crippen LogP contribution in [0.2, 0.25) is 0 Å². The molecule has 5 nitrogen and oxygen atoms in total. The molecule has 0 aromatic carbocycles. The molecule has 2 unspecified atom stereocenters. The Morgan fingerprint density at radius 1 is 1.61 bits per heavy atom. The normalized spacial score (nSPS) is 21.2. The fraction of sp³-hybridized carbons (Fsp3) is 0.917. The molecule has 0 aliphatic carbocycles. The molecule has 0 radical (unpaired) electrons. The highest BCUT2D eigenvalue weighted by Crippen LogP contribution is 2.12. The molecule has 0 saturated carbocycles. The van der Waals surface area contributed by atoms with Gasteiger partial charge in [-0.15, -0.1) is 12.4 Å². The van der Waals surface area contributed by atoms with Gasteiger partial charge in [0, 0.05) is 18.7 Å². The number of carbonyl (C=O) groups excluding carboxylic acids is 1. The summed E-state index contributed by atoms with van der Waals surface area (Å²) in [6, 6.07) is 0. The van der Waals surface area contributed by atoms with Crippen molar-refractivity contribution in [3.63, 3.8) is 0 Å². The van der Waals surface area contributed by atoms with Crippen LogP contribution in [0.4, 0.5) is 0 Å². The standard InChI is InChI=1S/C12H24N2O3.ClH/c1-9(11(15)14-8-12(2,3)13)17-7-10-5-4-6-16-10;/h9-10H,4-8,13H2,1-3H3,(H,14,15);1H. The number of amides is 1. The van der Waals surface area contributed by atoms with Crippen LogP contribution in [0.3, 0.4) is 0 Å². The van der Waals surface area contributed by atoms with E-state index in [1.165, 1.54) is 0 Å². The maximum atomic E-state index is 11.7. The summed E-state index contributed by atoms with van der Waals surface area (Å²) in [4.78, 5) is 11.7. The molecule has 1 amide bonds. The molecule has 2 atom stereocenters. The first-order valence-electron chi connectivity index (χ1n) is 6.18. The average molecular weight is 281 g/mol. The van der Waals surface area contributed by atoms with E-state index in [0.29, 0.717) is 13.2 Å². The van der Waals surface area contributed by atoms with Crippen LogP contribution in [0, 0.1) is 0 Å². The zero-order chi connectivity index (χ0) is 12.9. The summed E-state index contributed by atoms with van der Waals surface area (Å²) in [5.41, 5.74) is 5.38. The van der Waals surface area contributed by atoms with Crippen molar-refractivity contribution < 1.29 is 14.3 Å². The van der Waals surface area contributed by atoms with Crippen LogP contribution in [0.25, 0.3) is 0 Å². The van der Waals surface area contributed by atoms with Crippen molar-refractivity contribution in [3.8, 4) is 0 Å². The molecule has 6 heteroatoms. The Kier molecular flexibility index (Phi) is 7.78. The minimum Gasteiger partial charge on any atom is -0.376 e. The monoisotopic (exact) mass is 280 g/mol. The van der Waals surface area contributed by atoms with E-state index in [0.717, 1.165) is 19.4 Å². The minimum absolute atomic E-state index is 0. The van der Waals surface area contributed by atoms with Gasteiger partial charge < -0.3 is 20.5 Å². The molecule has 1 aliphatic heterocycles. The third-order valence-corrected chi connectivity index (χ3v) is 2.64. The van der Waals surface area contributed by atoms with E-state index in [2.05, 4.69) is 5.32 Å². The van der Waals surface area contributed by atoms with Crippen molar-refractivity contribution in [1.29, 1.82) is 0 Å². The van der Waals surface area contributed by atoms with Gasteiger partial charge in [0.15, 0.2) is 0 Å². The van der Waals surface area contributed by atoms with Crippen LogP contribution in [0.5, 0.6) is 0 Å². The summed E-state index contributed by atoms with van der Waals surface area (Å²) in [6.45, 7) is 7.21. The second-order valence-corrected chi connectivity index (χ2v) is 5.32. The van der Waals surface area contributed by atoms with Gasteiger partial charge in [-0.25, -0.2) is 0 Å². The molecule has 1 heterocycles. The molecular weight excluding hydrogens is 256 g/mol. The number of carbonyl (C=O) groups is 1. The van der Waals surface area contributed by atoms with Crippen molar-refractivity contribution in [2.45, 2.75) is 51.4 Å². The van der Waals surface area contributed by atoms with Crippen LogP contribution in [-0.2, 0) is 14.3 Å². The van der Waals surface area contributed by atoms with Crippen LogP contribution < -0.4 is 11.1 Å². The predicted molar refractivity (Wildman–Crippen MR) is 72.9 cm³/mol. The number of nitrogens with one attached hydrogen (secondary N) is 1. The lowest BCUT2D eigenvalue weighted by molar-refractivity contribution is -0.133. The average Bonchev–Trinajstić information content (AvgIpc) is 2.74. The first-order valence-corrected chi connectivity index (χ1v) is 6.18. The van der Waals surface area contributed by atoms with Gasteiger partial charge >= 0.3 is 0 Å². The van der Waals surface area contributed by atoms with E-state index in [1.54, 1.807) is 6.92 Å². The van der Waals surface area contributed by atoms with Crippen LogP contribution >= 0.6 is 12.4 Å². The third kappa shape index (κ3) is 7.16. The third-order valence-electron chi connectivity index (χ3n) is 2.64. The van der Waals surface area contributed by atoms with Gasteiger partial charge in [0.2, 0.25) is 5.91 Å². The molecule has 18 heavy (non-hydrogen) atoms. The highest BCUT2D eigenvalue weighted by Gasteiger charge is 2.20. The van der Waals surface area contributed by atoms with E-state index in [-0.39, 0.29) is 24.4 Å². The fourth-order valence-corrected chi connectivity index (χ4v) is 1.56. The summed E-state index contributed by atoms with van der Waals surface area (Å²) in [5, 5.41) is 2.77. The molecule has 1 aliphatic rings. The lowest BCUT2D eigenvalue weighted by Gasteiger charge is -2.21. The lowest BCUT2D eigenvalue weighted by atomic mass is 10.1. The number of ether oxygens (including phenoxy) is 2. The number of nitrogens with two attached hydrogens (primary N) is 1. The molecule has 0 spiro atoms. The van der Waals surface area contributed by atoms with Crippen molar-refractivity contribution >= 4 is 18.3 Å². The predicted octanol–water partition coefficient (Wildman–Crippen LogP) is 0.846. The second kappa shape index (κ2) is 7.94.